The van der Waals surface area contributed by atoms with E-state index in [-0.39, 0.29) is 22.2 Å². The van der Waals surface area contributed by atoms with Gasteiger partial charge in [0.2, 0.25) is 10.0 Å². The molecule has 1 aromatic carbocycles. The van der Waals surface area contributed by atoms with Crippen molar-refractivity contribution in [1.82, 2.24) is 0 Å². The van der Waals surface area contributed by atoms with Gasteiger partial charge in [-0.15, -0.1) is 0 Å². The zero-order chi connectivity index (χ0) is 14.5. The zero-order valence-corrected chi connectivity index (χ0v) is 11.8. The van der Waals surface area contributed by atoms with E-state index in [1.807, 2.05) is 6.92 Å². The van der Waals surface area contributed by atoms with Gasteiger partial charge in [0.25, 0.3) is 0 Å². The fourth-order valence-corrected chi connectivity index (χ4v) is 2.80. The monoisotopic (exact) mass is 313 g/mol. The molecule has 1 rings (SSSR count). The fourth-order valence-electron chi connectivity index (χ4n) is 1.32. The smallest absolute Gasteiger partial charge is 0.387 e. The average molecular weight is 314 g/mol. The number of unbranched alkanes of at least 4 members (excludes halogenated alkanes) is 1. The molecule has 0 fully saturated rings. The third kappa shape index (κ3) is 5.61. The zero-order valence-electron chi connectivity index (χ0n) is 10.2. The number of ether oxygens (including phenoxy) is 1. The topological polar surface area (TPSA) is 55.4 Å². The van der Waals surface area contributed by atoms with Crippen LogP contribution >= 0.6 is 11.6 Å². The molecule has 0 aromatic heterocycles. The van der Waals surface area contributed by atoms with Crippen molar-refractivity contribution < 1.29 is 21.9 Å². The van der Waals surface area contributed by atoms with Gasteiger partial charge >= 0.3 is 6.61 Å². The molecule has 0 bridgehead atoms. The quantitative estimate of drug-likeness (QED) is 0.838. The minimum atomic E-state index is -3.45. The molecule has 0 radical (unpaired) electrons. The summed E-state index contributed by atoms with van der Waals surface area (Å²) in [5, 5.41) is -0.0870. The van der Waals surface area contributed by atoms with E-state index in [9.17, 15) is 17.2 Å². The lowest BCUT2D eigenvalue weighted by Crippen LogP contribution is -2.16. The van der Waals surface area contributed by atoms with Gasteiger partial charge in [-0.3, -0.25) is 4.72 Å². The predicted octanol–water partition coefficient (Wildman–Crippen LogP) is 3.48. The summed E-state index contributed by atoms with van der Waals surface area (Å²) >= 11 is 5.71. The van der Waals surface area contributed by atoms with Crippen molar-refractivity contribution in [3.8, 4) is 5.75 Å². The first kappa shape index (κ1) is 16.0. The number of nitrogens with one attached hydrogen (secondary N) is 1. The number of rotatable bonds is 7. The summed E-state index contributed by atoms with van der Waals surface area (Å²) in [7, 11) is -3.45. The molecule has 0 aliphatic rings. The van der Waals surface area contributed by atoms with Crippen molar-refractivity contribution in [3.63, 3.8) is 0 Å². The summed E-state index contributed by atoms with van der Waals surface area (Å²) in [4.78, 5) is 0. The Morgan fingerprint density at radius 3 is 2.63 bits per heavy atom. The lowest BCUT2D eigenvalue weighted by Gasteiger charge is -2.10. The molecule has 0 amide bonds. The van der Waals surface area contributed by atoms with E-state index in [2.05, 4.69) is 9.46 Å². The molecular formula is C11H14ClF2NO3S. The summed E-state index contributed by atoms with van der Waals surface area (Å²) in [6, 6.07) is 3.72. The maximum atomic E-state index is 12.0. The first-order valence-corrected chi connectivity index (χ1v) is 7.62. The summed E-state index contributed by atoms with van der Waals surface area (Å²) in [5.41, 5.74) is 0.211. The van der Waals surface area contributed by atoms with Crippen LogP contribution in [-0.4, -0.2) is 20.8 Å². The van der Waals surface area contributed by atoms with Gasteiger partial charge in [-0.05, 0) is 24.6 Å². The highest BCUT2D eigenvalue weighted by molar-refractivity contribution is 7.92. The van der Waals surface area contributed by atoms with Crippen LogP contribution < -0.4 is 9.46 Å². The summed E-state index contributed by atoms with van der Waals surface area (Å²) < 4.78 is 53.8. The number of hydrogen-bond acceptors (Lipinski definition) is 3. The lowest BCUT2D eigenvalue weighted by molar-refractivity contribution is -0.0497. The largest absolute Gasteiger partial charge is 0.433 e. The fraction of sp³-hybridized carbons (Fsp3) is 0.455. The highest BCUT2D eigenvalue weighted by Crippen LogP contribution is 2.29. The highest BCUT2D eigenvalue weighted by Gasteiger charge is 2.13. The molecule has 0 saturated heterocycles. The van der Waals surface area contributed by atoms with Crippen LogP contribution in [0.1, 0.15) is 19.8 Å². The molecule has 0 spiro atoms. The first-order valence-electron chi connectivity index (χ1n) is 5.59. The van der Waals surface area contributed by atoms with Gasteiger partial charge in [0, 0.05) is 0 Å². The van der Waals surface area contributed by atoms with Gasteiger partial charge in [-0.2, -0.15) is 8.78 Å². The van der Waals surface area contributed by atoms with Crippen molar-refractivity contribution in [2.24, 2.45) is 0 Å². The molecule has 0 aliphatic heterocycles. The summed E-state index contributed by atoms with van der Waals surface area (Å²) in [6.07, 6.45) is 1.29. The van der Waals surface area contributed by atoms with Gasteiger partial charge in [0.05, 0.1) is 16.5 Å². The number of sulfonamides is 1. The highest BCUT2D eigenvalue weighted by atomic mass is 35.5. The minimum Gasteiger partial charge on any atom is -0.433 e. The summed E-state index contributed by atoms with van der Waals surface area (Å²) in [5.74, 6) is -0.204. The normalized spacial score (nSPS) is 11.6. The Balaban J connectivity index is 2.78. The molecule has 1 N–H and O–H groups in total. The Morgan fingerprint density at radius 1 is 1.42 bits per heavy atom. The van der Waals surface area contributed by atoms with Crippen LogP contribution in [-0.2, 0) is 10.0 Å². The van der Waals surface area contributed by atoms with E-state index in [0.29, 0.717) is 6.42 Å². The first-order chi connectivity index (χ1) is 8.84. The second-order valence-corrected chi connectivity index (χ2v) is 6.05. The van der Waals surface area contributed by atoms with E-state index in [0.717, 1.165) is 6.42 Å². The maximum Gasteiger partial charge on any atom is 0.387 e. The van der Waals surface area contributed by atoms with Crippen molar-refractivity contribution >= 4 is 27.3 Å². The number of benzene rings is 1. The Kier molecular flexibility index (Phi) is 5.81. The average Bonchev–Trinajstić information content (AvgIpc) is 2.29. The molecule has 1 aromatic rings. The predicted molar refractivity (Wildman–Crippen MR) is 70.4 cm³/mol. The molecule has 0 saturated carbocycles. The standard InChI is InChI=1S/C11H14ClF2NO3S/c1-2-3-6-19(16,17)15-8-4-5-10(9(12)7-8)18-11(13)14/h4-5,7,11,15H,2-3,6H2,1H3. The van der Waals surface area contributed by atoms with E-state index in [1.54, 1.807) is 0 Å². The Labute approximate surface area is 115 Å². The van der Waals surface area contributed by atoms with Crippen LogP contribution in [0.3, 0.4) is 0 Å². The third-order valence-corrected chi connectivity index (χ3v) is 3.86. The van der Waals surface area contributed by atoms with Gasteiger partial charge < -0.3 is 4.74 Å². The van der Waals surface area contributed by atoms with Crippen molar-refractivity contribution in [2.75, 3.05) is 10.5 Å². The van der Waals surface area contributed by atoms with Crippen molar-refractivity contribution in [2.45, 2.75) is 26.4 Å². The van der Waals surface area contributed by atoms with Crippen LogP contribution in [0.4, 0.5) is 14.5 Å². The molecule has 19 heavy (non-hydrogen) atoms. The van der Waals surface area contributed by atoms with Gasteiger partial charge in [-0.25, -0.2) is 8.42 Å². The Morgan fingerprint density at radius 2 is 2.11 bits per heavy atom. The van der Waals surface area contributed by atoms with Gasteiger partial charge in [0.15, 0.2) is 0 Å². The van der Waals surface area contributed by atoms with E-state index < -0.39 is 16.6 Å². The molecule has 108 valence electrons. The molecular weight excluding hydrogens is 300 g/mol. The number of anilines is 1. The number of halogens is 3. The van der Waals surface area contributed by atoms with Gasteiger partial charge in [-0.1, -0.05) is 24.9 Å². The third-order valence-electron chi connectivity index (χ3n) is 2.19. The van der Waals surface area contributed by atoms with E-state index in [4.69, 9.17) is 11.6 Å². The number of hydrogen-bond donors (Lipinski definition) is 1. The molecule has 0 heterocycles. The van der Waals surface area contributed by atoms with Crippen LogP contribution in [0, 0.1) is 0 Å². The Hall–Kier alpha value is -1.08. The molecule has 0 aliphatic carbocycles. The van der Waals surface area contributed by atoms with Crippen LogP contribution in [0.25, 0.3) is 0 Å². The van der Waals surface area contributed by atoms with E-state index >= 15 is 0 Å². The second-order valence-electron chi connectivity index (χ2n) is 3.80. The maximum absolute atomic E-state index is 12.0. The van der Waals surface area contributed by atoms with Crippen LogP contribution in [0.15, 0.2) is 18.2 Å². The van der Waals surface area contributed by atoms with Crippen molar-refractivity contribution in [3.05, 3.63) is 23.2 Å². The van der Waals surface area contributed by atoms with Crippen LogP contribution in [0.2, 0.25) is 5.02 Å². The molecule has 4 nitrogen and oxygen atoms in total. The Bertz CT molecular complexity index is 523. The molecule has 8 heteroatoms. The minimum absolute atomic E-state index is 0.00357. The van der Waals surface area contributed by atoms with E-state index in [1.165, 1.54) is 18.2 Å². The lowest BCUT2D eigenvalue weighted by atomic mass is 10.3. The SMILES string of the molecule is CCCCS(=O)(=O)Nc1ccc(OC(F)F)c(Cl)c1. The second kappa shape index (κ2) is 6.91. The van der Waals surface area contributed by atoms with Crippen molar-refractivity contribution in [1.29, 1.82) is 0 Å². The molecule has 0 atom stereocenters. The number of alkyl halides is 2. The summed E-state index contributed by atoms with van der Waals surface area (Å²) in [6.45, 7) is -1.10. The van der Waals surface area contributed by atoms with Crippen LogP contribution in [0.5, 0.6) is 5.75 Å². The molecule has 0 unspecified atom stereocenters. The van der Waals surface area contributed by atoms with Gasteiger partial charge in [0.1, 0.15) is 5.75 Å².